The Hall–Kier alpha value is -4.98. The summed E-state index contributed by atoms with van der Waals surface area (Å²) in [5, 5.41) is 1.77. The Morgan fingerprint density at radius 3 is 2.00 bits per heavy atom. The van der Waals surface area contributed by atoms with Crippen molar-refractivity contribution in [2.75, 3.05) is 0 Å². The van der Waals surface area contributed by atoms with Crippen molar-refractivity contribution >= 4 is 29.4 Å². The second-order valence-electron chi connectivity index (χ2n) is 11.1. The van der Waals surface area contributed by atoms with Gasteiger partial charge in [0, 0.05) is 16.2 Å². The van der Waals surface area contributed by atoms with Gasteiger partial charge in [0.25, 0.3) is 0 Å². The molecule has 0 radical (unpaired) electrons. The zero-order valence-corrected chi connectivity index (χ0v) is 23.7. The monoisotopic (exact) mass is 556 g/mol. The van der Waals surface area contributed by atoms with Crippen molar-refractivity contribution in [1.82, 2.24) is 9.55 Å². The fourth-order valence-electron chi connectivity index (χ4n) is 7.33. The Morgan fingerprint density at radius 1 is 0.571 bits per heavy atom. The molecule has 2 aliphatic rings. The largest absolute Gasteiger partial charge is 0.317 e. The van der Waals surface area contributed by atoms with Gasteiger partial charge in [-0.3, -0.25) is 4.57 Å². The van der Waals surface area contributed by atoms with Crippen LogP contribution in [0.3, 0.4) is 0 Å². The van der Waals surface area contributed by atoms with Crippen molar-refractivity contribution in [1.29, 1.82) is 0 Å². The highest BCUT2D eigenvalue weighted by Gasteiger charge is 2.46. The van der Waals surface area contributed by atoms with Crippen molar-refractivity contribution in [3.8, 4) is 28.2 Å². The molecule has 2 heterocycles. The van der Waals surface area contributed by atoms with Crippen LogP contribution in [0.2, 0.25) is 0 Å². The maximum atomic E-state index is 13.7. The molecular formula is C38H25N2OP. The fraction of sp³-hybridized carbons (Fsp3) is 0.0263. The molecule has 1 atom stereocenters. The van der Waals surface area contributed by atoms with Gasteiger partial charge in [0.2, 0.25) is 0 Å². The van der Waals surface area contributed by atoms with Gasteiger partial charge in [-0.25, -0.2) is 4.98 Å². The summed E-state index contributed by atoms with van der Waals surface area (Å²) >= 11 is 0. The lowest BCUT2D eigenvalue weighted by atomic mass is 9.67. The van der Waals surface area contributed by atoms with Gasteiger partial charge in [-0.05, 0) is 63.7 Å². The highest BCUT2D eigenvalue weighted by Crippen LogP contribution is 2.56. The number of hydrogen-bond acceptors (Lipinski definition) is 2. The van der Waals surface area contributed by atoms with Crippen LogP contribution in [0.5, 0.6) is 0 Å². The number of rotatable bonds is 3. The molecule has 9 rings (SSSR count). The molecule has 7 aromatic rings. The van der Waals surface area contributed by atoms with E-state index in [1.807, 2.05) is 36.4 Å². The molecule has 198 valence electrons. The Morgan fingerprint density at radius 2 is 1.21 bits per heavy atom. The van der Waals surface area contributed by atoms with Crippen LogP contribution in [-0.4, -0.2) is 9.55 Å². The molecule has 1 unspecified atom stereocenters. The number of hydrogen-bond donors (Lipinski definition) is 0. The second-order valence-corrected chi connectivity index (χ2v) is 12.8. The predicted molar refractivity (Wildman–Crippen MR) is 172 cm³/mol. The molecule has 0 saturated carbocycles. The Balaban J connectivity index is 1.39. The van der Waals surface area contributed by atoms with E-state index in [0.29, 0.717) is 0 Å². The standard InChI is InChI=1S/C38H25N2OP/c41-42-34-20-10-9-19-33(34)40-36-32(18-11-21-35(36)42)39-37(40)25-22-23-29-28-16-7-8-17-30(28)38(31(29)24-25,26-12-3-1-4-13-26)27-14-5-2-6-15-27/h1-24,42H. The summed E-state index contributed by atoms with van der Waals surface area (Å²) in [4.78, 5) is 5.20. The number of benzene rings is 6. The minimum absolute atomic E-state index is 0.480. The third kappa shape index (κ3) is 3.01. The summed E-state index contributed by atoms with van der Waals surface area (Å²) in [5.74, 6) is 0.869. The molecule has 3 nitrogen and oxygen atoms in total. The SMILES string of the molecule is O=[PH]1c2ccccc2-n2c(-c3ccc4c(c3)C(c3ccccc3)(c3ccccc3)c3ccccc3-4)nc3cccc1c32. The van der Waals surface area contributed by atoms with E-state index < -0.39 is 13.2 Å². The van der Waals surface area contributed by atoms with Gasteiger partial charge < -0.3 is 4.57 Å². The molecule has 1 aliphatic heterocycles. The van der Waals surface area contributed by atoms with E-state index in [9.17, 15) is 4.57 Å². The molecule has 0 spiro atoms. The molecule has 4 heteroatoms. The molecule has 0 bridgehead atoms. The van der Waals surface area contributed by atoms with Gasteiger partial charge in [-0.2, -0.15) is 0 Å². The first kappa shape index (κ1) is 23.7. The maximum absolute atomic E-state index is 13.7. The van der Waals surface area contributed by atoms with Crippen LogP contribution in [-0.2, 0) is 9.98 Å². The first-order valence-electron chi connectivity index (χ1n) is 14.3. The predicted octanol–water partition coefficient (Wildman–Crippen LogP) is 7.88. The molecule has 0 saturated heterocycles. The van der Waals surface area contributed by atoms with E-state index in [0.717, 1.165) is 38.7 Å². The van der Waals surface area contributed by atoms with Crippen molar-refractivity contribution in [2.45, 2.75) is 5.41 Å². The van der Waals surface area contributed by atoms with E-state index in [-0.39, 0.29) is 0 Å². The molecule has 0 N–H and O–H groups in total. The van der Waals surface area contributed by atoms with E-state index >= 15 is 0 Å². The lowest BCUT2D eigenvalue weighted by Crippen LogP contribution is -2.28. The quantitative estimate of drug-likeness (QED) is 0.208. The first-order chi connectivity index (χ1) is 20.8. The summed E-state index contributed by atoms with van der Waals surface area (Å²) in [7, 11) is -2.13. The lowest BCUT2D eigenvalue weighted by Gasteiger charge is -2.34. The third-order valence-electron chi connectivity index (χ3n) is 9.03. The zero-order chi connectivity index (χ0) is 27.8. The summed E-state index contributed by atoms with van der Waals surface area (Å²) in [6.45, 7) is 0. The summed E-state index contributed by atoms with van der Waals surface area (Å²) in [6, 6.07) is 51.4. The average Bonchev–Trinajstić information content (AvgIpc) is 3.59. The smallest absolute Gasteiger partial charge is 0.145 e. The van der Waals surface area contributed by atoms with Gasteiger partial charge in [-0.1, -0.05) is 115 Å². The average molecular weight is 557 g/mol. The molecule has 1 aromatic heterocycles. The van der Waals surface area contributed by atoms with Gasteiger partial charge in [-0.15, -0.1) is 0 Å². The van der Waals surface area contributed by atoms with E-state index in [4.69, 9.17) is 4.98 Å². The first-order valence-corrected chi connectivity index (χ1v) is 15.7. The number of fused-ring (bicyclic) bond motifs is 5. The normalized spacial score (nSPS) is 15.7. The van der Waals surface area contributed by atoms with Gasteiger partial charge >= 0.3 is 0 Å². The van der Waals surface area contributed by atoms with Crippen LogP contribution in [0.1, 0.15) is 22.3 Å². The summed E-state index contributed by atoms with van der Waals surface area (Å²) in [5.41, 5.74) is 10.8. The Labute approximate surface area is 244 Å². The number of aromatic nitrogens is 2. The topological polar surface area (TPSA) is 34.9 Å². The van der Waals surface area contributed by atoms with Crippen LogP contribution in [0.25, 0.3) is 39.2 Å². The number of imidazole rings is 1. The zero-order valence-electron chi connectivity index (χ0n) is 22.7. The Kier molecular flexibility index (Phi) is 4.94. The fourth-order valence-corrected chi connectivity index (χ4v) is 9.00. The molecular weight excluding hydrogens is 531 g/mol. The number of nitrogens with zero attached hydrogens (tertiary/aromatic N) is 2. The van der Waals surface area contributed by atoms with E-state index in [2.05, 4.69) is 114 Å². The second kappa shape index (κ2) is 8.76. The van der Waals surface area contributed by atoms with Crippen LogP contribution in [0.4, 0.5) is 0 Å². The van der Waals surface area contributed by atoms with Gasteiger partial charge in [0.1, 0.15) is 13.6 Å². The van der Waals surface area contributed by atoms with Gasteiger partial charge in [0.05, 0.1) is 22.1 Å². The highest BCUT2D eigenvalue weighted by molar-refractivity contribution is 7.62. The van der Waals surface area contributed by atoms with Crippen LogP contribution in [0, 0.1) is 0 Å². The molecule has 0 fully saturated rings. The van der Waals surface area contributed by atoms with Crippen molar-refractivity contribution in [3.05, 3.63) is 168 Å². The van der Waals surface area contributed by atoms with Crippen molar-refractivity contribution in [2.24, 2.45) is 0 Å². The van der Waals surface area contributed by atoms with Crippen LogP contribution >= 0.6 is 7.80 Å². The minimum atomic E-state index is -2.13. The maximum Gasteiger partial charge on any atom is 0.145 e. The van der Waals surface area contributed by atoms with E-state index in [1.54, 1.807) is 0 Å². The summed E-state index contributed by atoms with van der Waals surface area (Å²) < 4.78 is 15.9. The molecule has 42 heavy (non-hydrogen) atoms. The van der Waals surface area contributed by atoms with E-state index in [1.165, 1.54) is 33.4 Å². The van der Waals surface area contributed by atoms with Crippen molar-refractivity contribution in [3.63, 3.8) is 0 Å². The van der Waals surface area contributed by atoms with Gasteiger partial charge in [0.15, 0.2) is 0 Å². The summed E-state index contributed by atoms with van der Waals surface area (Å²) in [6.07, 6.45) is 0. The highest BCUT2D eigenvalue weighted by atomic mass is 31.1. The Bertz CT molecular complexity index is 2180. The molecule has 6 aromatic carbocycles. The number of para-hydroxylation sites is 2. The lowest BCUT2D eigenvalue weighted by molar-refractivity contribution is 0.598. The third-order valence-corrected chi connectivity index (χ3v) is 10.8. The van der Waals surface area contributed by atoms with Crippen molar-refractivity contribution < 1.29 is 4.57 Å². The van der Waals surface area contributed by atoms with Crippen LogP contribution < -0.4 is 10.6 Å². The minimum Gasteiger partial charge on any atom is -0.317 e. The van der Waals surface area contributed by atoms with Crippen LogP contribution in [0.15, 0.2) is 146 Å². The molecule has 1 aliphatic carbocycles. The molecule has 0 amide bonds.